The van der Waals surface area contributed by atoms with Gasteiger partial charge in [0.05, 0.1) is 5.56 Å². The lowest BCUT2D eigenvalue weighted by Gasteiger charge is -2.13. The quantitative estimate of drug-likeness (QED) is 0.602. The lowest BCUT2D eigenvalue weighted by molar-refractivity contribution is 0.0698. The molecule has 0 radical (unpaired) electrons. The topological polar surface area (TPSA) is 68.0 Å². The van der Waals surface area contributed by atoms with Crippen LogP contribution in [0.4, 0.5) is 0 Å². The van der Waals surface area contributed by atoms with E-state index >= 15 is 0 Å². The normalized spacial score (nSPS) is 11.0. The first-order valence-electron chi connectivity index (χ1n) is 8.28. The third kappa shape index (κ3) is 2.54. The number of hydrogen-bond donors (Lipinski definition) is 1. The lowest BCUT2D eigenvalue weighted by Crippen LogP contribution is -2.02. The zero-order valence-electron chi connectivity index (χ0n) is 14.5. The number of benzene rings is 3. The number of aryl methyl sites for hydroxylation is 1. The highest BCUT2D eigenvalue weighted by molar-refractivity contribution is 6.03. The molecule has 0 bridgehead atoms. The molecule has 0 amide bonds. The Hall–Kier alpha value is -3.47. The summed E-state index contributed by atoms with van der Waals surface area (Å²) in [4.78, 5) is 11.8. The fourth-order valence-corrected chi connectivity index (χ4v) is 3.39. The molecule has 0 fully saturated rings. The van der Waals surface area contributed by atoms with Gasteiger partial charge in [0.25, 0.3) is 0 Å². The molecule has 26 heavy (non-hydrogen) atoms. The average Bonchev–Trinajstić information content (AvgIpc) is 3.03. The summed E-state index contributed by atoms with van der Waals surface area (Å²) in [6, 6.07) is 19.8. The molecular formula is C21H17N3O2. The second-order valence-corrected chi connectivity index (χ2v) is 6.25. The Morgan fingerprint density at radius 1 is 0.962 bits per heavy atom. The van der Waals surface area contributed by atoms with Crippen LogP contribution in [0.2, 0.25) is 0 Å². The zero-order chi connectivity index (χ0) is 18.3. The number of carboxylic acid groups (broad SMARTS) is 1. The van der Waals surface area contributed by atoms with Crippen molar-refractivity contribution in [2.45, 2.75) is 6.92 Å². The van der Waals surface area contributed by atoms with E-state index < -0.39 is 5.97 Å². The van der Waals surface area contributed by atoms with Gasteiger partial charge in [0.2, 0.25) is 0 Å². The summed E-state index contributed by atoms with van der Waals surface area (Å²) in [5.41, 5.74) is 6.47. The number of aromatic carboxylic acids is 1. The van der Waals surface area contributed by atoms with Crippen LogP contribution in [0.3, 0.4) is 0 Å². The maximum Gasteiger partial charge on any atom is 0.337 e. The minimum absolute atomic E-state index is 0.203. The van der Waals surface area contributed by atoms with Gasteiger partial charge in [-0.2, -0.15) is 0 Å². The number of carboxylic acids is 1. The minimum atomic E-state index is -0.987. The van der Waals surface area contributed by atoms with E-state index in [9.17, 15) is 9.90 Å². The van der Waals surface area contributed by atoms with Crippen LogP contribution in [0.5, 0.6) is 0 Å². The third-order valence-electron chi connectivity index (χ3n) is 4.66. The van der Waals surface area contributed by atoms with Crippen molar-refractivity contribution < 1.29 is 9.90 Å². The Kier molecular flexibility index (Phi) is 3.77. The summed E-state index contributed by atoms with van der Waals surface area (Å²) in [7, 11) is 1.70. The Balaban J connectivity index is 1.95. The van der Waals surface area contributed by atoms with Gasteiger partial charge in [-0.05, 0) is 46.9 Å². The van der Waals surface area contributed by atoms with Crippen LogP contribution in [-0.4, -0.2) is 26.1 Å². The highest BCUT2D eigenvalue weighted by Crippen LogP contribution is 2.33. The fraction of sp³-hybridized carbons (Fsp3) is 0.0952. The van der Waals surface area contributed by atoms with Crippen LogP contribution >= 0.6 is 0 Å². The van der Waals surface area contributed by atoms with Crippen molar-refractivity contribution in [3.8, 4) is 22.3 Å². The number of aromatic nitrogens is 3. The molecule has 0 spiro atoms. The van der Waals surface area contributed by atoms with Crippen molar-refractivity contribution in [3.63, 3.8) is 0 Å². The number of nitrogens with zero attached hydrogens (tertiary/aromatic N) is 3. The maximum absolute atomic E-state index is 11.8. The molecule has 0 atom stereocenters. The molecule has 0 saturated carbocycles. The van der Waals surface area contributed by atoms with Crippen molar-refractivity contribution in [2.75, 3.05) is 0 Å². The largest absolute Gasteiger partial charge is 0.478 e. The number of carbonyl (C=O) groups is 1. The summed E-state index contributed by atoms with van der Waals surface area (Å²) >= 11 is 0. The molecule has 1 heterocycles. The Bertz CT molecular complexity index is 1130. The number of hydrogen-bond acceptors (Lipinski definition) is 3. The average molecular weight is 343 g/mol. The molecule has 3 aromatic carbocycles. The van der Waals surface area contributed by atoms with Crippen LogP contribution in [0.1, 0.15) is 15.9 Å². The van der Waals surface area contributed by atoms with Gasteiger partial charge in [-0.25, -0.2) is 9.48 Å². The van der Waals surface area contributed by atoms with E-state index in [4.69, 9.17) is 0 Å². The molecule has 0 aliphatic rings. The summed E-state index contributed by atoms with van der Waals surface area (Å²) in [6.45, 7) is 2.05. The van der Waals surface area contributed by atoms with Crippen molar-refractivity contribution in [1.82, 2.24) is 15.0 Å². The Morgan fingerprint density at radius 2 is 1.65 bits per heavy atom. The smallest absolute Gasteiger partial charge is 0.337 e. The van der Waals surface area contributed by atoms with Crippen molar-refractivity contribution in [1.29, 1.82) is 0 Å². The molecule has 0 aliphatic heterocycles. The molecule has 4 rings (SSSR count). The van der Waals surface area contributed by atoms with E-state index in [-0.39, 0.29) is 5.56 Å². The van der Waals surface area contributed by atoms with Crippen molar-refractivity contribution >= 4 is 17.0 Å². The van der Waals surface area contributed by atoms with Gasteiger partial charge in [0, 0.05) is 7.05 Å². The highest BCUT2D eigenvalue weighted by Gasteiger charge is 2.17. The van der Waals surface area contributed by atoms with Crippen LogP contribution in [0.25, 0.3) is 33.3 Å². The summed E-state index contributed by atoms with van der Waals surface area (Å²) < 4.78 is 1.50. The summed E-state index contributed by atoms with van der Waals surface area (Å²) in [5.74, 6) is -0.987. The van der Waals surface area contributed by atoms with Gasteiger partial charge in [-0.3, -0.25) is 0 Å². The van der Waals surface area contributed by atoms with E-state index in [0.717, 1.165) is 27.8 Å². The second kappa shape index (κ2) is 6.11. The number of rotatable bonds is 3. The molecule has 5 heteroatoms. The monoisotopic (exact) mass is 343 g/mol. The van der Waals surface area contributed by atoms with Gasteiger partial charge >= 0.3 is 5.97 Å². The summed E-state index contributed by atoms with van der Waals surface area (Å²) in [6.07, 6.45) is 0. The molecule has 128 valence electrons. The first kappa shape index (κ1) is 16.0. The van der Waals surface area contributed by atoms with Crippen molar-refractivity contribution in [3.05, 3.63) is 71.8 Å². The Morgan fingerprint density at radius 3 is 2.35 bits per heavy atom. The van der Waals surface area contributed by atoms with Gasteiger partial charge < -0.3 is 5.11 Å². The standard InChI is InChI=1S/C21H17N3O2/c1-13-16(14-7-4-3-5-8-14)9-6-10-17(13)15-11-18(21(25)26)20-19(12-15)22-23-24(20)2/h3-12H,1-2H3,(H,25,26). The van der Waals surface area contributed by atoms with Gasteiger partial charge in [-0.15, -0.1) is 5.10 Å². The predicted octanol–water partition coefficient (Wildman–Crippen LogP) is 4.31. The molecule has 0 unspecified atom stereocenters. The molecular weight excluding hydrogens is 326 g/mol. The molecule has 4 aromatic rings. The Labute approximate surface area is 150 Å². The molecule has 1 N–H and O–H groups in total. The van der Waals surface area contributed by atoms with Crippen LogP contribution < -0.4 is 0 Å². The van der Waals surface area contributed by atoms with Gasteiger partial charge in [0.15, 0.2) is 0 Å². The highest BCUT2D eigenvalue weighted by atomic mass is 16.4. The number of fused-ring (bicyclic) bond motifs is 1. The van der Waals surface area contributed by atoms with E-state index in [0.29, 0.717) is 11.0 Å². The fourth-order valence-electron chi connectivity index (χ4n) is 3.39. The second-order valence-electron chi connectivity index (χ2n) is 6.25. The first-order chi connectivity index (χ1) is 12.6. The predicted molar refractivity (Wildman–Crippen MR) is 101 cm³/mol. The van der Waals surface area contributed by atoms with E-state index in [1.807, 2.05) is 36.4 Å². The lowest BCUT2D eigenvalue weighted by atomic mass is 9.92. The third-order valence-corrected chi connectivity index (χ3v) is 4.66. The van der Waals surface area contributed by atoms with Crippen LogP contribution in [0, 0.1) is 6.92 Å². The van der Waals surface area contributed by atoms with E-state index in [2.05, 4.69) is 35.4 Å². The molecule has 0 aliphatic carbocycles. The summed E-state index contributed by atoms with van der Waals surface area (Å²) in [5, 5.41) is 17.7. The first-order valence-corrected chi connectivity index (χ1v) is 8.28. The molecule has 5 nitrogen and oxygen atoms in total. The zero-order valence-corrected chi connectivity index (χ0v) is 14.5. The minimum Gasteiger partial charge on any atom is -0.478 e. The van der Waals surface area contributed by atoms with Crippen LogP contribution in [-0.2, 0) is 7.05 Å². The maximum atomic E-state index is 11.8. The SMILES string of the molecule is Cc1c(-c2ccccc2)cccc1-c1cc(C(=O)O)c2c(c1)nnn2C. The van der Waals surface area contributed by atoms with Crippen molar-refractivity contribution in [2.24, 2.45) is 7.05 Å². The van der Waals surface area contributed by atoms with E-state index in [1.165, 1.54) is 4.68 Å². The van der Waals surface area contributed by atoms with Crippen LogP contribution in [0.15, 0.2) is 60.7 Å². The van der Waals surface area contributed by atoms with Gasteiger partial charge in [0.1, 0.15) is 11.0 Å². The molecule has 1 aromatic heterocycles. The van der Waals surface area contributed by atoms with Gasteiger partial charge in [-0.1, -0.05) is 53.7 Å². The van der Waals surface area contributed by atoms with E-state index in [1.54, 1.807) is 13.1 Å². The molecule has 0 saturated heterocycles.